The van der Waals surface area contributed by atoms with Crippen LogP contribution in [-0.2, 0) is 80.7 Å². The molecule has 133 heavy (non-hydrogen) atoms. The highest BCUT2D eigenvalue weighted by Gasteiger charge is 2.47. The van der Waals surface area contributed by atoms with Crippen molar-refractivity contribution in [1.29, 1.82) is 0 Å². The van der Waals surface area contributed by atoms with Crippen LogP contribution in [0.4, 0.5) is 82.9 Å². The van der Waals surface area contributed by atoms with Gasteiger partial charge in [-0.2, -0.15) is 39.5 Å². The van der Waals surface area contributed by atoms with Gasteiger partial charge in [0.2, 0.25) is 0 Å². The molecule has 5 N–H and O–H groups in total. The van der Waals surface area contributed by atoms with Crippen LogP contribution in [0.5, 0.6) is 0 Å². The lowest BCUT2D eigenvalue weighted by atomic mass is 10.0. The minimum absolute atomic E-state index is 0.0925. The van der Waals surface area contributed by atoms with Gasteiger partial charge in [0, 0.05) is 173 Å². The third-order valence-electron chi connectivity index (χ3n) is 22.9. The van der Waals surface area contributed by atoms with Crippen LogP contribution in [-0.4, -0.2) is 165 Å². The summed E-state index contributed by atoms with van der Waals surface area (Å²) >= 11 is 0. The number of aromatic nitrogens is 12. The van der Waals surface area contributed by atoms with Crippen molar-refractivity contribution in [2.45, 2.75) is 136 Å². The molecule has 3 amide bonds. The topological polar surface area (TPSA) is 359 Å². The fourth-order valence-electron chi connectivity index (χ4n) is 15.1. The van der Waals surface area contributed by atoms with Gasteiger partial charge in [0.1, 0.15) is 86.7 Å². The summed E-state index contributed by atoms with van der Waals surface area (Å²) in [5, 5.41) is 10.9. The first kappa shape index (κ1) is 99.1. The summed E-state index contributed by atoms with van der Waals surface area (Å²) in [5.41, 5.74) is -2.34. The van der Waals surface area contributed by atoms with E-state index in [9.17, 15) is 115 Å². The van der Waals surface area contributed by atoms with Crippen LogP contribution in [0.15, 0.2) is 139 Å². The first-order chi connectivity index (χ1) is 62.2. The van der Waals surface area contributed by atoms with Crippen LogP contribution in [0.2, 0.25) is 0 Å². The normalized spacial score (nSPS) is 14.2. The van der Waals surface area contributed by atoms with Crippen molar-refractivity contribution in [3.63, 3.8) is 0 Å². The van der Waals surface area contributed by atoms with Gasteiger partial charge in [-0.3, -0.25) is 56.9 Å². The second-order valence-electron chi connectivity index (χ2n) is 31.4. The van der Waals surface area contributed by atoms with Crippen LogP contribution in [0.1, 0.15) is 106 Å². The molecule has 1 aliphatic rings. The Morgan fingerprint density at radius 2 is 0.744 bits per heavy atom. The molecule has 3 aromatic carbocycles. The zero-order valence-corrected chi connectivity index (χ0v) is 73.1. The number of amides is 3. The molecule has 0 aliphatic carbocycles. The van der Waals surface area contributed by atoms with Gasteiger partial charge in [-0.05, 0) is 128 Å². The molecule has 46 heteroatoms. The molecule has 9 aromatic heterocycles. The Bertz CT molecular complexity index is 6990. The first-order valence-corrected chi connectivity index (χ1v) is 40.3. The van der Waals surface area contributed by atoms with Gasteiger partial charge in [0.05, 0.1) is 48.0 Å². The van der Waals surface area contributed by atoms with Crippen molar-refractivity contribution < 1.29 is 99.4 Å². The second-order valence-corrected chi connectivity index (χ2v) is 31.4. The lowest BCUT2D eigenvalue weighted by Crippen LogP contribution is -2.53. The number of ether oxygens (including phenoxy) is 1. The summed E-state index contributed by atoms with van der Waals surface area (Å²) in [6.45, 7) is 9.29. The standard InChI is InChI=1S/C30H29F5N6O5.C29H29F5N6O4.C28H27F5N6O4/c1-15-24(28(44)39(4)29(45)38(15)3)19-6-5-17(41-8-7-36-26(19)41)13-22(16(2)42)37-27(43)25-20(31)11-18(12-21(25)32)40-9-10-46-14-23(40)30(33,34)35;1-6-22(29(32,33)34)36-16-11-19(30)24(20(31)12-16)26(42)37-21(15(3)41)13-17-7-8-18(25-35-9-10-40(17)25)23-14(2)38(4)28(44)39(5)27(23)43;1-13-22(26(42)38(5)27(43)37(13)4)18-7-6-17(39-9-8-34-24(18)39)12-21(14(2)40)36-25(41)23-19(29)10-16(11-20(23)30)35-15(3)28(31,32)33/h5-8,11-12,22-23H,9-10,13-14H2,1-4H3,(H,37,43);7-12,21-22,36H,6,13H2,1-5H3,(H,37,42);6-11,15,21,35H,12H2,1-5H3,(H,36,41)/t22-,23+;21-,22+;15-,21+/m001/s1. The molecule has 1 saturated heterocycles. The van der Waals surface area contributed by atoms with Crippen LogP contribution < -0.4 is 65.2 Å². The fourth-order valence-corrected chi connectivity index (χ4v) is 15.1. The summed E-state index contributed by atoms with van der Waals surface area (Å²) in [4.78, 5) is 166. The molecular formula is C87H85F15N18O13. The van der Waals surface area contributed by atoms with E-state index in [-0.39, 0.29) is 49.1 Å². The number of carbonyl (C=O) groups excluding carboxylic acids is 6. The number of alkyl halides is 9. The van der Waals surface area contributed by atoms with Crippen molar-refractivity contribution in [1.82, 2.24) is 71.5 Å². The monoisotopic (exact) mass is 1870 g/mol. The molecule has 0 bridgehead atoms. The van der Waals surface area contributed by atoms with Crippen LogP contribution >= 0.6 is 0 Å². The summed E-state index contributed by atoms with van der Waals surface area (Å²) < 4.78 is 224. The van der Waals surface area contributed by atoms with Gasteiger partial charge < -0.3 is 63.1 Å². The third kappa shape index (κ3) is 20.4. The SMILES string of the molecule is CC(=O)[C@H](Cc1ccc(-c2c(C)n(C)c(=O)n(C)c2=O)c2nccn12)NC(=O)c1c(F)cc(N2CCOC[C@@H]2C(F)(F)F)cc1F.CC(=O)[C@H](Cc1ccc(-c2c(C)n(C)c(=O)n(C)c2=O)c2nccn12)NC(=O)c1c(F)cc(N[C@H](C)C(F)(F)F)cc1F.CC[C@@H](Nc1cc(F)c(C(=O)N[C@@H](Cc2ccc(-c3c(C)n(C)c(=O)n(C)c3=O)c3nccn23)C(C)=O)c(F)c1)C(F)(F)F. The fraction of sp³-hybridized carbons (Fsp3) is 0.345. The number of hydrogen-bond donors (Lipinski definition) is 5. The number of Topliss-reactive ketones (excluding diaryl/α,β-unsaturated/α-hetero) is 3. The number of carbonyl (C=O) groups is 6. The van der Waals surface area contributed by atoms with Gasteiger partial charge in [-0.1, -0.05) is 6.92 Å². The maximum atomic E-state index is 15.2. The number of nitrogens with zero attached hydrogens (tertiary/aromatic N) is 13. The van der Waals surface area contributed by atoms with Crippen molar-refractivity contribution in [2.24, 2.45) is 42.3 Å². The van der Waals surface area contributed by atoms with E-state index in [1.54, 1.807) is 89.0 Å². The van der Waals surface area contributed by atoms with E-state index in [2.05, 4.69) is 30.9 Å². The Hall–Kier alpha value is -14.5. The largest absolute Gasteiger partial charge is 0.411 e. The number of halogens is 15. The number of hydrogen-bond acceptors (Lipinski definition) is 19. The molecule has 13 rings (SSSR count). The highest BCUT2D eigenvalue weighted by molar-refractivity contribution is 6.00. The number of benzene rings is 3. The van der Waals surface area contributed by atoms with Crippen LogP contribution in [0.25, 0.3) is 50.3 Å². The van der Waals surface area contributed by atoms with Crippen molar-refractivity contribution in [2.75, 3.05) is 35.3 Å². The van der Waals surface area contributed by atoms with E-state index >= 15 is 8.78 Å². The molecular weight excluding hydrogens is 1790 g/mol. The second kappa shape index (κ2) is 38.9. The van der Waals surface area contributed by atoms with E-state index in [4.69, 9.17) is 4.74 Å². The number of morpholine rings is 1. The van der Waals surface area contributed by atoms with Gasteiger partial charge in [0.15, 0.2) is 17.3 Å². The molecule has 6 atom stereocenters. The van der Waals surface area contributed by atoms with E-state index in [0.29, 0.717) is 104 Å². The maximum absolute atomic E-state index is 15.2. The highest BCUT2D eigenvalue weighted by Crippen LogP contribution is 2.36. The minimum Gasteiger partial charge on any atom is -0.377 e. The van der Waals surface area contributed by atoms with E-state index in [1.807, 2.05) is 10.6 Å². The molecule has 0 saturated carbocycles. The lowest BCUT2D eigenvalue weighted by molar-refractivity contribution is -0.167. The number of rotatable bonds is 24. The van der Waals surface area contributed by atoms with Crippen molar-refractivity contribution in [3.8, 4) is 33.4 Å². The molecule has 0 spiro atoms. The number of imidazole rings is 3. The summed E-state index contributed by atoms with van der Waals surface area (Å²) in [6.07, 6.45) is -5.89. The summed E-state index contributed by atoms with van der Waals surface area (Å²) in [6, 6.07) is 2.96. The Balaban J connectivity index is 0.000000192. The molecule has 12 aromatic rings. The molecule has 1 fully saturated rings. The quantitative estimate of drug-likeness (QED) is 0.0351. The van der Waals surface area contributed by atoms with Gasteiger partial charge >= 0.3 is 35.6 Å². The van der Waals surface area contributed by atoms with Gasteiger partial charge in [0.25, 0.3) is 34.4 Å². The van der Waals surface area contributed by atoms with Crippen LogP contribution in [0.3, 0.4) is 0 Å². The van der Waals surface area contributed by atoms with Crippen LogP contribution in [0, 0.1) is 55.7 Å². The number of fused-ring (bicyclic) bond motifs is 3. The smallest absolute Gasteiger partial charge is 0.377 e. The molecule has 10 heterocycles. The van der Waals surface area contributed by atoms with E-state index in [0.717, 1.165) is 25.5 Å². The number of nitrogens with one attached hydrogen (secondary N) is 5. The zero-order chi connectivity index (χ0) is 98.3. The number of pyridine rings is 3. The average molecular weight is 1880 g/mol. The minimum atomic E-state index is -4.73. The Morgan fingerprint density at radius 3 is 1.02 bits per heavy atom. The highest BCUT2D eigenvalue weighted by atomic mass is 19.4. The number of anilines is 3. The first-order valence-electron chi connectivity index (χ1n) is 40.3. The Labute approximate surface area is 742 Å². The third-order valence-corrected chi connectivity index (χ3v) is 22.9. The van der Waals surface area contributed by atoms with Crippen molar-refractivity contribution in [3.05, 3.63) is 258 Å². The lowest BCUT2D eigenvalue weighted by Gasteiger charge is -2.38. The zero-order valence-electron chi connectivity index (χ0n) is 73.1. The predicted molar refractivity (Wildman–Crippen MR) is 454 cm³/mol. The van der Waals surface area contributed by atoms with Gasteiger partial charge in [-0.15, -0.1) is 0 Å². The number of ketones is 3. The van der Waals surface area contributed by atoms with E-state index in [1.165, 1.54) is 102 Å². The van der Waals surface area contributed by atoms with E-state index < -0.39 is 205 Å². The maximum Gasteiger partial charge on any atom is 0.411 e. The predicted octanol–water partition coefficient (Wildman–Crippen LogP) is 9.63. The average Bonchev–Trinajstić information content (AvgIpc) is 1.75. The molecule has 706 valence electrons. The molecule has 1 aliphatic heterocycles. The van der Waals surface area contributed by atoms with Gasteiger partial charge in [-0.25, -0.2) is 55.7 Å². The summed E-state index contributed by atoms with van der Waals surface area (Å²) in [7, 11) is 8.63. The molecule has 0 unspecified atom stereocenters. The Kier molecular flexibility index (Phi) is 29.0. The Morgan fingerprint density at radius 1 is 0.444 bits per heavy atom. The molecule has 0 radical (unpaired) electrons. The summed E-state index contributed by atoms with van der Waals surface area (Å²) in [5.74, 6) is -14.0. The van der Waals surface area contributed by atoms with Crippen molar-refractivity contribution >= 4 is 69.1 Å². The molecule has 31 nitrogen and oxygen atoms in total.